The fourth-order valence-corrected chi connectivity index (χ4v) is 6.78. The third-order valence-electron chi connectivity index (χ3n) is 9.50. The third-order valence-corrected chi connectivity index (χ3v) is 9.50. The molecule has 8 aromatic heterocycles. The number of hydrogen-bond donors (Lipinski definition) is 2. The van der Waals surface area contributed by atoms with Crippen molar-refractivity contribution in [2.24, 2.45) is 0 Å². The molecule has 0 bridgehead atoms. The van der Waals surface area contributed by atoms with Crippen LogP contribution in [0, 0.1) is 0 Å². The van der Waals surface area contributed by atoms with Crippen LogP contribution in [0.4, 0.5) is 0 Å². The number of hydrogen-bond acceptors (Lipinski definition) is 12. The maximum atomic E-state index is 14.8. The SMILES string of the molecule is C=c1cc(-c2cnoc2)c(O)cc(=C)c2c(cn1)n(Bn1c(=O)n(Cc3ccccn3)c3c(=C)cc(O)c(-c4cnoc4)cc(=C)ncc31)c(=O)n2Cc1ccccn1. The molecule has 0 unspecified atom stereocenters. The van der Waals surface area contributed by atoms with Gasteiger partial charge in [-0.1, -0.05) is 48.8 Å². The fraction of sp³-hybridized carbons (Fsp3) is 0.0476. The van der Waals surface area contributed by atoms with Crippen LogP contribution >= 0.6 is 0 Å². The van der Waals surface area contributed by atoms with Crippen LogP contribution in [0.15, 0.2) is 129 Å². The van der Waals surface area contributed by atoms with Gasteiger partial charge in [0.25, 0.3) is 0 Å². The van der Waals surface area contributed by atoms with E-state index in [4.69, 9.17) is 9.05 Å². The van der Waals surface area contributed by atoms with Gasteiger partial charge in [-0.3, -0.25) is 29.1 Å². The van der Waals surface area contributed by atoms with Crippen molar-refractivity contribution in [3.8, 4) is 33.8 Å². The Hall–Kier alpha value is -8.34. The molecule has 0 fully saturated rings. The molecule has 0 aromatic carbocycles. The lowest BCUT2D eigenvalue weighted by atomic mass is 10.1. The molecule has 16 nitrogen and oxygen atoms in total. The first-order valence-electron chi connectivity index (χ1n) is 17.9. The van der Waals surface area contributed by atoms with E-state index in [0.717, 1.165) is 0 Å². The maximum absolute atomic E-state index is 14.8. The number of rotatable bonds is 8. The maximum Gasteiger partial charge on any atom is 0.374 e. The van der Waals surface area contributed by atoms with Crippen LogP contribution in [0.3, 0.4) is 0 Å². The normalized spacial score (nSPS) is 11.1. The van der Waals surface area contributed by atoms with Gasteiger partial charge in [-0.2, -0.15) is 0 Å². The summed E-state index contributed by atoms with van der Waals surface area (Å²) < 4.78 is 15.7. The minimum atomic E-state index is -0.546. The Morgan fingerprint density at radius 2 is 1.03 bits per heavy atom. The second-order valence-electron chi connectivity index (χ2n) is 13.4. The van der Waals surface area contributed by atoms with Crippen LogP contribution in [0.1, 0.15) is 11.4 Å². The van der Waals surface area contributed by atoms with Crippen molar-refractivity contribution in [2.75, 3.05) is 0 Å². The molecule has 8 heterocycles. The summed E-state index contributed by atoms with van der Waals surface area (Å²) in [6, 6.07) is 16.6. The van der Waals surface area contributed by atoms with Crippen LogP contribution < -0.4 is 32.5 Å². The van der Waals surface area contributed by atoms with Gasteiger partial charge >= 0.3 is 18.9 Å². The summed E-state index contributed by atoms with van der Waals surface area (Å²) in [5, 5.41) is 31.3. The molecule has 0 aliphatic heterocycles. The smallest absolute Gasteiger partial charge is 0.374 e. The summed E-state index contributed by atoms with van der Waals surface area (Å²) in [6.07, 6.45) is 11.7. The van der Waals surface area contributed by atoms with Crippen molar-refractivity contribution in [3.05, 3.63) is 164 Å². The van der Waals surface area contributed by atoms with Crippen molar-refractivity contribution in [1.29, 1.82) is 0 Å². The molecule has 0 spiro atoms. The van der Waals surface area contributed by atoms with Gasteiger partial charge in [0.05, 0.1) is 82.0 Å². The van der Waals surface area contributed by atoms with Crippen molar-refractivity contribution in [1.82, 2.24) is 48.3 Å². The molecule has 0 saturated carbocycles. The molecule has 0 amide bonds. The Balaban J connectivity index is 1.45. The second-order valence-corrected chi connectivity index (χ2v) is 13.4. The molecule has 0 aliphatic carbocycles. The molecule has 0 aliphatic rings. The average molecular weight is 785 g/mol. The monoisotopic (exact) mass is 784 g/mol. The molecular weight excluding hydrogens is 751 g/mol. The van der Waals surface area contributed by atoms with E-state index >= 15 is 0 Å². The number of imidazole rings is 2. The largest absolute Gasteiger partial charge is 0.507 e. The standard InChI is InChI=1S/C42H33BN10O6/c1-25-13-37(54)33(29-17-48-58-23-29)15-27(3)46-19-35-39(25)50(21-31-9-5-7-11-44-31)41(56)52(35)43-53-36-20-47-28(4)16-34(30-18-49-59-24-30)38(55)14-26(2)40(36)51(42(53)57)22-32-10-6-8-12-45-32/h5-20,23-24,43,54-55H,1-4,21-22H2. The first kappa shape index (κ1) is 37.6. The molecule has 0 atom stereocenters. The topological polar surface area (TPSA) is 198 Å². The lowest BCUT2D eigenvalue weighted by Gasteiger charge is -2.04. The minimum Gasteiger partial charge on any atom is -0.507 e. The van der Waals surface area contributed by atoms with Crippen molar-refractivity contribution >= 4 is 55.9 Å². The number of pyridine rings is 2. The predicted molar refractivity (Wildman–Crippen MR) is 223 cm³/mol. The van der Waals surface area contributed by atoms with Gasteiger partial charge < -0.3 is 28.2 Å². The molecule has 8 rings (SSSR count). The van der Waals surface area contributed by atoms with E-state index in [-0.39, 0.29) is 75.3 Å². The van der Waals surface area contributed by atoms with Gasteiger partial charge in [0.15, 0.2) is 0 Å². The van der Waals surface area contributed by atoms with Gasteiger partial charge in [0.2, 0.25) is 0 Å². The highest BCUT2D eigenvalue weighted by Gasteiger charge is 2.21. The number of nitrogens with zero attached hydrogens (tertiary/aromatic N) is 10. The Labute approximate surface area is 333 Å². The zero-order valence-electron chi connectivity index (χ0n) is 31.3. The predicted octanol–water partition coefficient (Wildman–Crippen LogP) is 1.87. The van der Waals surface area contributed by atoms with E-state index in [9.17, 15) is 19.8 Å². The van der Waals surface area contributed by atoms with Crippen molar-refractivity contribution < 1.29 is 19.3 Å². The Bertz CT molecular complexity index is 3120. The molecule has 2 N–H and O–H groups in total. The minimum absolute atomic E-state index is 0.00245. The molecular formula is C42H33BN10O6. The van der Waals surface area contributed by atoms with Crippen LogP contribution in [0.5, 0.6) is 11.5 Å². The molecule has 17 heteroatoms. The molecule has 0 saturated heterocycles. The van der Waals surface area contributed by atoms with Crippen LogP contribution in [-0.2, 0) is 13.1 Å². The summed E-state index contributed by atoms with van der Waals surface area (Å²) in [5.41, 5.74) is 2.65. The zero-order valence-corrected chi connectivity index (χ0v) is 31.3. The van der Waals surface area contributed by atoms with Gasteiger partial charge in [0, 0.05) is 34.6 Å². The molecule has 0 radical (unpaired) electrons. The third kappa shape index (κ3) is 7.38. The quantitative estimate of drug-likeness (QED) is 0.213. The van der Waals surface area contributed by atoms with E-state index < -0.39 is 11.4 Å². The lowest BCUT2D eigenvalue weighted by molar-refractivity contribution is 0.420. The van der Waals surface area contributed by atoms with Crippen LogP contribution in [0.2, 0.25) is 0 Å². The van der Waals surface area contributed by atoms with E-state index in [1.54, 1.807) is 48.8 Å². The number of aromatic nitrogens is 10. The highest BCUT2D eigenvalue weighted by atomic mass is 16.5. The average Bonchev–Trinajstić information content (AvgIpc) is 4.04. The van der Waals surface area contributed by atoms with Crippen molar-refractivity contribution in [2.45, 2.75) is 13.1 Å². The van der Waals surface area contributed by atoms with Crippen LogP contribution in [-0.4, -0.2) is 66.1 Å². The van der Waals surface area contributed by atoms with E-state index in [1.807, 2.05) is 0 Å². The number of aromatic hydroxyl groups is 2. The van der Waals surface area contributed by atoms with Gasteiger partial charge in [0.1, 0.15) is 24.0 Å². The van der Waals surface area contributed by atoms with Gasteiger partial charge in [-0.25, -0.2) is 9.59 Å². The summed E-state index contributed by atoms with van der Waals surface area (Å²) in [4.78, 5) is 47.7. The van der Waals surface area contributed by atoms with Gasteiger partial charge in [-0.05, 0) is 59.0 Å². The Kier molecular flexibility index (Phi) is 9.98. The number of fused-ring (bicyclic) bond motifs is 2. The van der Waals surface area contributed by atoms with E-state index in [0.29, 0.717) is 33.6 Å². The summed E-state index contributed by atoms with van der Waals surface area (Å²) in [7, 11) is -0.362. The van der Waals surface area contributed by atoms with E-state index in [1.165, 1.54) is 79.7 Å². The summed E-state index contributed by atoms with van der Waals surface area (Å²) in [6.45, 7) is 16.6. The molecule has 290 valence electrons. The summed E-state index contributed by atoms with van der Waals surface area (Å²) in [5.74, 6) is -0.425. The highest BCUT2D eigenvalue weighted by molar-refractivity contribution is 6.35. The Morgan fingerprint density at radius 3 is 1.41 bits per heavy atom. The molecule has 59 heavy (non-hydrogen) atoms. The lowest BCUT2D eigenvalue weighted by Crippen LogP contribution is -2.37. The second kappa shape index (κ2) is 15.7. The molecule has 8 aromatic rings. The Morgan fingerprint density at radius 1 is 0.593 bits per heavy atom. The van der Waals surface area contributed by atoms with Gasteiger partial charge in [-0.15, -0.1) is 0 Å². The van der Waals surface area contributed by atoms with Crippen LogP contribution in [0.25, 0.3) is 70.6 Å². The fourth-order valence-electron chi connectivity index (χ4n) is 6.78. The summed E-state index contributed by atoms with van der Waals surface area (Å²) >= 11 is 0. The van der Waals surface area contributed by atoms with E-state index in [2.05, 4.69) is 56.6 Å². The van der Waals surface area contributed by atoms with Crippen molar-refractivity contribution in [3.63, 3.8) is 0 Å². The first-order chi connectivity index (χ1) is 28.6. The zero-order chi connectivity index (χ0) is 41.2. The first-order valence-corrected chi connectivity index (χ1v) is 17.9. The highest BCUT2D eigenvalue weighted by Crippen LogP contribution is 2.26.